The first-order valence-electron chi connectivity index (χ1n) is 9.98. The smallest absolute Gasteiger partial charge is 0.252 e. The highest BCUT2D eigenvalue weighted by Gasteiger charge is 2.27. The molecule has 0 spiro atoms. The van der Waals surface area contributed by atoms with Gasteiger partial charge in [0.05, 0.1) is 29.1 Å². The number of H-pyrrole nitrogens is 1. The second-order valence-electron chi connectivity index (χ2n) is 7.84. The van der Waals surface area contributed by atoms with Gasteiger partial charge in [-0.2, -0.15) is 0 Å². The van der Waals surface area contributed by atoms with Crippen LogP contribution in [0.4, 0.5) is 5.95 Å². The first-order valence-corrected chi connectivity index (χ1v) is 10.4. The number of benzene rings is 1. The lowest BCUT2D eigenvalue weighted by molar-refractivity contribution is 0.0952. The minimum absolute atomic E-state index is 0. The van der Waals surface area contributed by atoms with Crippen LogP contribution in [-0.2, 0) is 0 Å². The van der Waals surface area contributed by atoms with E-state index in [1.165, 1.54) is 0 Å². The van der Waals surface area contributed by atoms with Gasteiger partial charge in [-0.1, -0.05) is 17.7 Å². The zero-order chi connectivity index (χ0) is 20.0. The number of hydrogen-bond acceptors (Lipinski definition) is 5. The van der Waals surface area contributed by atoms with Crippen molar-refractivity contribution < 1.29 is 9.90 Å². The maximum atomic E-state index is 12.6. The van der Waals surface area contributed by atoms with Gasteiger partial charge in [0.15, 0.2) is 0 Å². The van der Waals surface area contributed by atoms with Crippen LogP contribution in [-0.4, -0.2) is 44.2 Å². The fourth-order valence-corrected chi connectivity index (χ4v) is 4.06. The fraction of sp³-hybridized carbons (Fsp3) is 0.381. The van der Waals surface area contributed by atoms with Crippen molar-refractivity contribution in [2.75, 3.05) is 5.32 Å². The number of halogens is 2. The standard InChI is InChI=1S/C21H22ClN5O2.ClH/c22-14-10-23-21(26-16-5-2-6-18(16)28)27-19(14)17-9-13-12(3-1-4-15(13)25-17)20(29)24-11-7-8-11;/h1,3-4,9-11,16,18,25,28H,2,5-8H2,(H,24,29)(H,23,26,27);1H/t16-,18-;/m1./s1. The third kappa shape index (κ3) is 4.10. The van der Waals surface area contributed by atoms with Crippen molar-refractivity contribution in [3.63, 3.8) is 0 Å². The van der Waals surface area contributed by atoms with E-state index in [-0.39, 0.29) is 24.4 Å². The molecule has 0 aliphatic heterocycles. The summed E-state index contributed by atoms with van der Waals surface area (Å²) in [6.45, 7) is 0. The van der Waals surface area contributed by atoms with Crippen LogP contribution in [0.15, 0.2) is 30.5 Å². The van der Waals surface area contributed by atoms with Gasteiger partial charge in [0, 0.05) is 22.5 Å². The lowest BCUT2D eigenvalue weighted by atomic mass is 10.1. The Morgan fingerprint density at radius 2 is 2.07 bits per heavy atom. The van der Waals surface area contributed by atoms with E-state index in [9.17, 15) is 9.90 Å². The first kappa shape index (κ1) is 20.9. The molecule has 2 saturated carbocycles. The minimum atomic E-state index is -0.390. The highest BCUT2D eigenvalue weighted by molar-refractivity contribution is 6.33. The molecule has 158 valence electrons. The number of amides is 1. The van der Waals surface area contributed by atoms with E-state index in [1.54, 1.807) is 6.20 Å². The van der Waals surface area contributed by atoms with Crippen molar-refractivity contribution in [2.45, 2.75) is 50.3 Å². The lowest BCUT2D eigenvalue weighted by Gasteiger charge is -2.16. The van der Waals surface area contributed by atoms with Crippen LogP contribution in [0.2, 0.25) is 5.02 Å². The predicted octanol–water partition coefficient (Wildman–Crippen LogP) is 3.92. The monoisotopic (exact) mass is 447 g/mol. The topological polar surface area (TPSA) is 103 Å². The quantitative estimate of drug-likeness (QED) is 0.474. The minimum Gasteiger partial charge on any atom is -0.391 e. The summed E-state index contributed by atoms with van der Waals surface area (Å²) in [5.74, 6) is 0.371. The molecule has 4 N–H and O–H groups in total. The van der Waals surface area contributed by atoms with Crippen LogP contribution in [0.1, 0.15) is 42.5 Å². The summed E-state index contributed by atoms with van der Waals surface area (Å²) in [6.07, 6.45) is 5.90. The number of aromatic nitrogens is 3. The molecule has 0 unspecified atom stereocenters. The number of aromatic amines is 1. The van der Waals surface area contributed by atoms with Crippen LogP contribution in [0.25, 0.3) is 22.3 Å². The summed E-state index contributed by atoms with van der Waals surface area (Å²) in [6, 6.07) is 7.76. The van der Waals surface area contributed by atoms with Gasteiger partial charge in [-0.05, 0) is 50.3 Å². The first-order chi connectivity index (χ1) is 14.1. The van der Waals surface area contributed by atoms with Gasteiger partial charge < -0.3 is 20.7 Å². The summed E-state index contributed by atoms with van der Waals surface area (Å²) < 4.78 is 0. The lowest BCUT2D eigenvalue weighted by Crippen LogP contribution is -2.28. The number of aliphatic hydroxyl groups excluding tert-OH is 1. The molecule has 0 bridgehead atoms. The second-order valence-corrected chi connectivity index (χ2v) is 8.24. The van der Waals surface area contributed by atoms with Crippen molar-refractivity contribution in [3.8, 4) is 11.4 Å². The molecule has 7 nitrogen and oxygen atoms in total. The van der Waals surface area contributed by atoms with Gasteiger partial charge in [0.1, 0.15) is 5.69 Å². The summed E-state index contributed by atoms with van der Waals surface area (Å²) in [4.78, 5) is 24.7. The number of carbonyl (C=O) groups is 1. The normalized spacial score (nSPS) is 20.7. The Kier molecular flexibility index (Phi) is 5.86. The van der Waals surface area contributed by atoms with Crippen LogP contribution >= 0.6 is 24.0 Å². The molecule has 2 aromatic heterocycles. The molecule has 0 saturated heterocycles. The molecule has 2 aliphatic carbocycles. The zero-order valence-corrected chi connectivity index (χ0v) is 17.8. The van der Waals surface area contributed by atoms with Gasteiger partial charge in [-0.25, -0.2) is 9.97 Å². The Balaban J connectivity index is 0.00000218. The number of nitrogens with zero attached hydrogens (tertiary/aromatic N) is 2. The number of aliphatic hydroxyl groups is 1. The molecule has 1 amide bonds. The average Bonchev–Trinajstić information content (AvgIpc) is 3.27. The van der Waals surface area contributed by atoms with Crippen molar-refractivity contribution >= 4 is 46.8 Å². The van der Waals surface area contributed by atoms with E-state index in [2.05, 4.69) is 25.6 Å². The second kappa shape index (κ2) is 8.41. The van der Waals surface area contributed by atoms with Crippen LogP contribution in [0, 0.1) is 0 Å². The third-order valence-corrected chi connectivity index (χ3v) is 5.89. The summed E-state index contributed by atoms with van der Waals surface area (Å²) in [7, 11) is 0. The Bertz CT molecular complexity index is 1080. The third-order valence-electron chi connectivity index (χ3n) is 5.61. The van der Waals surface area contributed by atoms with Gasteiger partial charge in [-0.15, -0.1) is 12.4 Å². The number of anilines is 1. The van der Waals surface area contributed by atoms with Gasteiger partial charge in [0.2, 0.25) is 5.95 Å². The average molecular weight is 448 g/mol. The van der Waals surface area contributed by atoms with Crippen molar-refractivity contribution in [1.29, 1.82) is 0 Å². The van der Waals surface area contributed by atoms with E-state index < -0.39 is 6.10 Å². The molecule has 1 aromatic carbocycles. The van der Waals surface area contributed by atoms with Crippen LogP contribution in [0.5, 0.6) is 0 Å². The molecule has 2 atom stereocenters. The van der Waals surface area contributed by atoms with Crippen molar-refractivity contribution in [1.82, 2.24) is 20.3 Å². The van der Waals surface area contributed by atoms with E-state index in [4.69, 9.17) is 11.6 Å². The number of fused-ring (bicyclic) bond motifs is 1. The Morgan fingerprint density at radius 1 is 1.23 bits per heavy atom. The predicted molar refractivity (Wildman–Crippen MR) is 119 cm³/mol. The summed E-state index contributed by atoms with van der Waals surface area (Å²) >= 11 is 6.38. The Morgan fingerprint density at radius 3 is 2.80 bits per heavy atom. The molecule has 3 aromatic rings. The zero-order valence-electron chi connectivity index (χ0n) is 16.2. The number of hydrogen-bond donors (Lipinski definition) is 4. The number of carbonyl (C=O) groups excluding carboxylic acids is 1. The van der Waals surface area contributed by atoms with Crippen LogP contribution < -0.4 is 10.6 Å². The largest absolute Gasteiger partial charge is 0.391 e. The number of nitrogens with one attached hydrogen (secondary N) is 3. The molecule has 9 heteroatoms. The highest BCUT2D eigenvalue weighted by atomic mass is 35.5. The Hall–Kier alpha value is -2.35. The molecular weight excluding hydrogens is 425 g/mol. The highest BCUT2D eigenvalue weighted by Crippen LogP contribution is 2.31. The fourth-order valence-electron chi connectivity index (χ4n) is 3.87. The summed E-state index contributed by atoms with van der Waals surface area (Å²) in [5, 5.41) is 17.5. The van der Waals surface area contributed by atoms with Gasteiger partial charge in [-0.3, -0.25) is 4.79 Å². The molecule has 5 rings (SSSR count). The molecule has 2 heterocycles. The Labute approximate surface area is 185 Å². The van der Waals surface area contributed by atoms with Crippen LogP contribution in [0.3, 0.4) is 0 Å². The molecular formula is C21H23Cl2N5O2. The number of rotatable bonds is 5. The molecule has 2 aliphatic rings. The molecule has 0 radical (unpaired) electrons. The maximum absolute atomic E-state index is 12.6. The van der Waals surface area contributed by atoms with E-state index in [1.807, 2.05) is 24.3 Å². The van der Waals surface area contributed by atoms with Gasteiger partial charge in [0.25, 0.3) is 5.91 Å². The van der Waals surface area contributed by atoms with E-state index >= 15 is 0 Å². The SMILES string of the molecule is Cl.O=C(NC1CC1)c1cccc2[nH]c(-c3nc(N[C@@H]4CCC[C@H]4O)ncc3Cl)cc12. The molecule has 30 heavy (non-hydrogen) atoms. The van der Waals surface area contributed by atoms with Crippen molar-refractivity contribution in [2.24, 2.45) is 0 Å². The van der Waals surface area contributed by atoms with E-state index in [0.717, 1.165) is 43.0 Å². The van der Waals surface area contributed by atoms with Crippen molar-refractivity contribution in [3.05, 3.63) is 41.0 Å². The van der Waals surface area contributed by atoms with Gasteiger partial charge >= 0.3 is 0 Å². The van der Waals surface area contributed by atoms with E-state index in [0.29, 0.717) is 34.0 Å². The maximum Gasteiger partial charge on any atom is 0.252 e. The molecule has 2 fully saturated rings. The summed E-state index contributed by atoms with van der Waals surface area (Å²) in [5.41, 5.74) is 2.75.